The third-order valence-electron chi connectivity index (χ3n) is 1.70. The van der Waals surface area contributed by atoms with Crippen LogP contribution < -0.4 is 0 Å². The van der Waals surface area contributed by atoms with Gasteiger partial charge in [-0.3, -0.25) is 4.79 Å². The molecule has 0 aliphatic carbocycles. The van der Waals surface area contributed by atoms with E-state index in [-0.39, 0.29) is 5.90 Å². The zero-order chi connectivity index (χ0) is 8.39. The Morgan fingerprint density at radius 2 is 2.25 bits per heavy atom. The summed E-state index contributed by atoms with van der Waals surface area (Å²) in [5.41, 5.74) is 1.84. The molecule has 0 bridgehead atoms. The average molecular weight is 161 g/mol. The fraction of sp³-hybridized carbons (Fsp3) is 0.111. The molecule has 0 unspecified atom stereocenters. The molecule has 0 fully saturated rings. The molecule has 0 aromatic heterocycles. The quantitative estimate of drug-likeness (QED) is 0.584. The van der Waals surface area contributed by atoms with Crippen LogP contribution in [0.4, 0.5) is 5.69 Å². The van der Waals surface area contributed by atoms with Crippen molar-refractivity contribution < 1.29 is 9.53 Å². The molecule has 1 aliphatic heterocycles. The van der Waals surface area contributed by atoms with Gasteiger partial charge in [0.2, 0.25) is 6.29 Å². The van der Waals surface area contributed by atoms with Gasteiger partial charge in [-0.15, -0.1) is 0 Å². The van der Waals surface area contributed by atoms with E-state index in [0.29, 0.717) is 12.9 Å². The van der Waals surface area contributed by atoms with Gasteiger partial charge in [0, 0.05) is 5.56 Å². The van der Waals surface area contributed by atoms with Crippen molar-refractivity contribution in [2.45, 2.75) is 6.61 Å². The summed E-state index contributed by atoms with van der Waals surface area (Å²) in [7, 11) is 0. The SMILES string of the molecule is O=CC1=Nc2ccccc2CO1. The number of nitrogens with zero attached hydrogens (tertiary/aromatic N) is 1. The first kappa shape index (κ1) is 7.03. The monoisotopic (exact) mass is 161 g/mol. The van der Waals surface area contributed by atoms with Crippen molar-refractivity contribution in [2.75, 3.05) is 0 Å². The van der Waals surface area contributed by atoms with Gasteiger partial charge in [-0.2, -0.15) is 0 Å². The van der Waals surface area contributed by atoms with Crippen LogP contribution in [-0.2, 0) is 16.1 Å². The van der Waals surface area contributed by atoms with Crippen molar-refractivity contribution in [2.24, 2.45) is 4.99 Å². The van der Waals surface area contributed by atoms with Gasteiger partial charge in [0.25, 0.3) is 5.90 Å². The summed E-state index contributed by atoms with van der Waals surface area (Å²) < 4.78 is 5.04. The molecule has 0 spiro atoms. The van der Waals surface area contributed by atoms with Gasteiger partial charge in [-0.05, 0) is 6.07 Å². The van der Waals surface area contributed by atoms with Crippen LogP contribution in [0.5, 0.6) is 0 Å². The molecule has 0 atom stereocenters. The second-order valence-electron chi connectivity index (χ2n) is 2.49. The molecule has 0 amide bonds. The molecule has 1 aromatic carbocycles. The molecule has 3 nitrogen and oxygen atoms in total. The Bertz CT molecular complexity index is 344. The molecular formula is C9H7NO2. The summed E-state index contributed by atoms with van der Waals surface area (Å²) in [4.78, 5) is 14.3. The lowest BCUT2D eigenvalue weighted by atomic mass is 10.2. The highest BCUT2D eigenvalue weighted by Gasteiger charge is 2.10. The highest BCUT2D eigenvalue weighted by molar-refractivity contribution is 6.24. The number of fused-ring (bicyclic) bond motifs is 1. The van der Waals surface area contributed by atoms with Crippen LogP contribution in [0, 0.1) is 0 Å². The van der Waals surface area contributed by atoms with Crippen LogP contribution in [-0.4, -0.2) is 12.2 Å². The molecule has 12 heavy (non-hydrogen) atoms. The van der Waals surface area contributed by atoms with Gasteiger partial charge >= 0.3 is 0 Å². The van der Waals surface area contributed by atoms with E-state index in [2.05, 4.69) is 4.99 Å². The minimum Gasteiger partial charge on any atom is -0.470 e. The highest BCUT2D eigenvalue weighted by Crippen LogP contribution is 2.23. The first-order chi connectivity index (χ1) is 5.90. The van der Waals surface area contributed by atoms with Crippen molar-refractivity contribution >= 4 is 17.9 Å². The minimum atomic E-state index is 0.161. The van der Waals surface area contributed by atoms with Gasteiger partial charge in [0.15, 0.2) is 0 Å². The predicted octanol–water partition coefficient (Wildman–Crippen LogP) is 1.45. The van der Waals surface area contributed by atoms with Crippen LogP contribution in [0.3, 0.4) is 0 Å². The van der Waals surface area contributed by atoms with E-state index < -0.39 is 0 Å². The lowest BCUT2D eigenvalue weighted by Gasteiger charge is -2.12. The van der Waals surface area contributed by atoms with Crippen molar-refractivity contribution in [3.8, 4) is 0 Å². The Morgan fingerprint density at radius 1 is 1.42 bits per heavy atom. The second-order valence-corrected chi connectivity index (χ2v) is 2.49. The summed E-state index contributed by atoms with van der Waals surface area (Å²) >= 11 is 0. The maximum Gasteiger partial charge on any atom is 0.255 e. The van der Waals surface area contributed by atoms with Crippen LogP contribution >= 0.6 is 0 Å². The van der Waals surface area contributed by atoms with Gasteiger partial charge in [0.05, 0.1) is 5.69 Å². The van der Waals surface area contributed by atoms with Gasteiger partial charge < -0.3 is 4.74 Å². The topological polar surface area (TPSA) is 38.7 Å². The standard InChI is InChI=1S/C9H7NO2/c11-5-9-10-8-4-2-1-3-7(8)6-12-9/h1-5H,6H2. The molecule has 0 saturated heterocycles. The third-order valence-corrected chi connectivity index (χ3v) is 1.70. The second kappa shape index (κ2) is 2.77. The molecule has 2 rings (SSSR count). The van der Waals surface area contributed by atoms with Crippen LogP contribution in [0.25, 0.3) is 0 Å². The molecule has 3 heteroatoms. The molecule has 60 valence electrons. The highest BCUT2D eigenvalue weighted by atomic mass is 16.5. The zero-order valence-corrected chi connectivity index (χ0v) is 6.36. The third kappa shape index (κ3) is 1.09. The van der Waals surface area contributed by atoms with Crippen LogP contribution in [0.15, 0.2) is 29.3 Å². The molecule has 1 heterocycles. The molecule has 0 radical (unpaired) electrons. The number of para-hydroxylation sites is 1. The number of hydrogen-bond donors (Lipinski definition) is 0. The number of aldehydes is 1. The fourth-order valence-corrected chi connectivity index (χ4v) is 1.11. The lowest BCUT2D eigenvalue weighted by molar-refractivity contribution is -0.104. The number of rotatable bonds is 1. The van der Waals surface area contributed by atoms with E-state index in [1.807, 2.05) is 24.3 Å². The van der Waals surface area contributed by atoms with E-state index in [1.54, 1.807) is 0 Å². The summed E-state index contributed by atoms with van der Waals surface area (Å²) in [6, 6.07) is 7.60. The number of ether oxygens (including phenoxy) is 1. The van der Waals surface area contributed by atoms with Gasteiger partial charge in [0.1, 0.15) is 6.61 Å². The van der Waals surface area contributed by atoms with E-state index in [0.717, 1.165) is 11.3 Å². The Kier molecular flexibility index (Phi) is 1.63. The zero-order valence-electron chi connectivity index (χ0n) is 6.36. The van der Waals surface area contributed by atoms with E-state index in [1.165, 1.54) is 0 Å². The van der Waals surface area contributed by atoms with E-state index >= 15 is 0 Å². The predicted molar refractivity (Wildman–Crippen MR) is 44.4 cm³/mol. The number of hydrogen-bond acceptors (Lipinski definition) is 3. The Labute approximate surface area is 69.7 Å². The summed E-state index contributed by atoms with van der Waals surface area (Å²) in [6.07, 6.45) is 0.621. The number of carbonyl (C=O) groups is 1. The molecule has 1 aliphatic rings. The number of carbonyl (C=O) groups excluding carboxylic acids is 1. The summed E-state index contributed by atoms with van der Waals surface area (Å²) in [5, 5.41) is 0. The van der Waals surface area contributed by atoms with Crippen molar-refractivity contribution in [3.63, 3.8) is 0 Å². The van der Waals surface area contributed by atoms with Crippen molar-refractivity contribution in [1.82, 2.24) is 0 Å². The van der Waals surface area contributed by atoms with E-state index in [4.69, 9.17) is 4.74 Å². The first-order valence-electron chi connectivity index (χ1n) is 3.65. The van der Waals surface area contributed by atoms with Crippen LogP contribution in [0.1, 0.15) is 5.56 Å². The largest absolute Gasteiger partial charge is 0.470 e. The number of aliphatic imine (C=N–C) groups is 1. The smallest absolute Gasteiger partial charge is 0.255 e. The Balaban J connectivity index is 2.47. The molecule has 1 aromatic rings. The number of benzene rings is 1. The van der Waals surface area contributed by atoms with Gasteiger partial charge in [-0.25, -0.2) is 4.99 Å². The van der Waals surface area contributed by atoms with Gasteiger partial charge in [-0.1, -0.05) is 18.2 Å². The molecular weight excluding hydrogens is 154 g/mol. The van der Waals surface area contributed by atoms with E-state index in [9.17, 15) is 4.79 Å². The normalized spacial score (nSPS) is 14.2. The molecule has 0 saturated carbocycles. The molecule has 0 N–H and O–H groups in total. The summed E-state index contributed by atoms with van der Waals surface area (Å²) in [6.45, 7) is 0.438. The Morgan fingerprint density at radius 3 is 3.08 bits per heavy atom. The fourth-order valence-electron chi connectivity index (χ4n) is 1.11. The Hall–Kier alpha value is -1.64. The average Bonchev–Trinajstić information content (AvgIpc) is 2.17. The minimum absolute atomic E-state index is 0.161. The first-order valence-corrected chi connectivity index (χ1v) is 3.65. The maximum absolute atomic E-state index is 10.3. The lowest BCUT2D eigenvalue weighted by Crippen LogP contribution is -2.10. The summed E-state index contributed by atoms with van der Waals surface area (Å²) in [5.74, 6) is 0.161. The van der Waals surface area contributed by atoms with Crippen LogP contribution in [0.2, 0.25) is 0 Å². The maximum atomic E-state index is 10.3. The van der Waals surface area contributed by atoms with Crippen molar-refractivity contribution in [1.29, 1.82) is 0 Å². The van der Waals surface area contributed by atoms with Crippen molar-refractivity contribution in [3.05, 3.63) is 29.8 Å².